The van der Waals surface area contributed by atoms with Gasteiger partial charge in [-0.25, -0.2) is 4.98 Å². The van der Waals surface area contributed by atoms with Crippen molar-refractivity contribution in [2.75, 3.05) is 32.9 Å². The number of nitrogens with one attached hydrogen (secondary N) is 2. The fraction of sp³-hybridized carbons (Fsp3) is 0.306. The van der Waals surface area contributed by atoms with Gasteiger partial charge < -0.3 is 39.4 Å². The van der Waals surface area contributed by atoms with Gasteiger partial charge in [0.15, 0.2) is 33.9 Å². The van der Waals surface area contributed by atoms with E-state index in [2.05, 4.69) is 15.6 Å². The van der Waals surface area contributed by atoms with Crippen LogP contribution >= 0.6 is 22.9 Å². The number of hydrogen-bond acceptors (Lipinski definition) is 12. The number of amides is 2. The van der Waals surface area contributed by atoms with E-state index in [-0.39, 0.29) is 71.9 Å². The van der Waals surface area contributed by atoms with Gasteiger partial charge in [0.05, 0.1) is 24.4 Å². The van der Waals surface area contributed by atoms with Crippen LogP contribution in [0.3, 0.4) is 0 Å². The van der Waals surface area contributed by atoms with E-state index < -0.39 is 40.7 Å². The maximum absolute atomic E-state index is 14.3. The van der Waals surface area contributed by atoms with Crippen molar-refractivity contribution in [3.63, 3.8) is 0 Å². The first-order valence-electron chi connectivity index (χ1n) is 16.0. The van der Waals surface area contributed by atoms with Gasteiger partial charge in [-0.05, 0) is 29.8 Å². The van der Waals surface area contributed by atoms with Crippen molar-refractivity contribution >= 4 is 61.7 Å². The Kier molecular flexibility index (Phi) is 8.98. The van der Waals surface area contributed by atoms with Crippen molar-refractivity contribution in [1.29, 1.82) is 0 Å². The number of aliphatic hydroxyl groups excluding tert-OH is 1. The normalized spacial score (nSPS) is 19.6. The van der Waals surface area contributed by atoms with Gasteiger partial charge in [0, 0.05) is 49.3 Å². The van der Waals surface area contributed by atoms with Gasteiger partial charge in [0.2, 0.25) is 30.0 Å². The second-order valence-electron chi connectivity index (χ2n) is 12.3. The number of allylic oxidation sites excluding steroid dienone is 1. The summed E-state index contributed by atoms with van der Waals surface area (Å²) in [6.45, 7) is 1.59. The van der Waals surface area contributed by atoms with Crippen molar-refractivity contribution in [1.82, 2.24) is 10.3 Å². The van der Waals surface area contributed by atoms with E-state index >= 15 is 0 Å². The number of methoxy groups -OCH3 is 2. The van der Waals surface area contributed by atoms with Crippen molar-refractivity contribution in [3.05, 3.63) is 76.0 Å². The molecule has 15 heteroatoms. The Labute approximate surface area is 300 Å². The molecule has 0 bridgehead atoms. The number of rotatable bonds is 10. The zero-order chi connectivity index (χ0) is 36.0. The van der Waals surface area contributed by atoms with Gasteiger partial charge in [0.1, 0.15) is 22.1 Å². The first-order chi connectivity index (χ1) is 24.5. The van der Waals surface area contributed by atoms with Crippen LogP contribution in [0.4, 0.5) is 5.13 Å². The minimum absolute atomic E-state index is 0.00287. The first kappa shape index (κ1) is 34.1. The van der Waals surface area contributed by atoms with E-state index in [1.54, 1.807) is 25.1 Å². The van der Waals surface area contributed by atoms with E-state index in [1.807, 2.05) is 24.3 Å². The third kappa shape index (κ3) is 5.87. The van der Waals surface area contributed by atoms with Crippen molar-refractivity contribution in [3.8, 4) is 28.7 Å². The molecule has 13 nitrogen and oxygen atoms in total. The Morgan fingerprint density at radius 2 is 1.84 bits per heavy atom. The highest BCUT2D eigenvalue weighted by molar-refractivity contribution is 7.22. The number of hydrogen-bond donors (Lipinski definition) is 3. The van der Waals surface area contributed by atoms with Gasteiger partial charge >= 0.3 is 0 Å². The highest BCUT2D eigenvalue weighted by Gasteiger charge is 2.61. The molecule has 3 heterocycles. The molecule has 3 N–H and O–H groups in total. The number of ketones is 2. The minimum atomic E-state index is -2.04. The van der Waals surface area contributed by atoms with Crippen LogP contribution in [0, 0.1) is 5.92 Å². The predicted octanol–water partition coefficient (Wildman–Crippen LogP) is 5.75. The smallest absolute Gasteiger partial charge is 0.231 e. The third-order valence-electron chi connectivity index (χ3n) is 9.26. The summed E-state index contributed by atoms with van der Waals surface area (Å²) in [5.41, 5.74) is -1.00. The average Bonchev–Trinajstić information content (AvgIpc) is 3.83. The Morgan fingerprint density at radius 3 is 2.61 bits per heavy atom. The molecule has 1 unspecified atom stereocenters. The first-order valence-corrected chi connectivity index (χ1v) is 17.2. The zero-order valence-electron chi connectivity index (χ0n) is 27.7. The quantitative estimate of drug-likeness (QED) is 0.181. The number of nitrogens with zero attached hydrogens (tertiary/aromatic N) is 1. The topological polar surface area (TPSA) is 172 Å². The molecule has 4 aromatic rings. The van der Waals surface area contributed by atoms with E-state index in [4.69, 9.17) is 35.3 Å². The van der Waals surface area contributed by atoms with Crippen LogP contribution in [0.1, 0.15) is 48.0 Å². The number of ether oxygens (including phenoxy) is 5. The summed E-state index contributed by atoms with van der Waals surface area (Å²) in [7, 11) is 2.77. The number of carbonyl (C=O) groups excluding carboxylic acids is 4. The molecule has 3 aromatic carbocycles. The minimum Gasteiger partial charge on any atom is -0.507 e. The van der Waals surface area contributed by atoms with Gasteiger partial charge in [-0.15, -0.1) is 0 Å². The number of carbonyl (C=O) groups is 4. The summed E-state index contributed by atoms with van der Waals surface area (Å²) in [4.78, 5) is 58.8. The molecule has 51 heavy (non-hydrogen) atoms. The Bertz CT molecular complexity index is 2120. The summed E-state index contributed by atoms with van der Waals surface area (Å²) in [5.74, 6) is -3.39. The van der Waals surface area contributed by atoms with Gasteiger partial charge in [0.25, 0.3) is 0 Å². The van der Waals surface area contributed by atoms with Crippen LogP contribution in [-0.4, -0.2) is 66.6 Å². The SMILES string of the molecule is COc1cc(OC)c2c(c1Cl)O[C@]1(C2=O)C(O)=C(C(CC(=O)NCCC(=O)Nc2nc3ccccc3s2)c2ccc3c(c2)OCO3)C(=O)C[C@H]1C. The van der Waals surface area contributed by atoms with E-state index in [1.165, 1.54) is 31.6 Å². The fourth-order valence-corrected chi connectivity index (χ4v) is 7.88. The molecule has 0 fully saturated rings. The Balaban J connectivity index is 1.18. The number of halogens is 1. The highest BCUT2D eigenvalue weighted by atomic mass is 35.5. The summed E-state index contributed by atoms with van der Waals surface area (Å²) in [6.07, 6.45) is -0.560. The van der Waals surface area contributed by atoms with Gasteiger partial charge in [-0.1, -0.05) is 48.1 Å². The number of fused-ring (bicyclic) bond motifs is 3. The van der Waals surface area contributed by atoms with Crippen LogP contribution in [0.25, 0.3) is 10.2 Å². The number of thiazole rings is 1. The molecule has 1 aliphatic carbocycles. The summed E-state index contributed by atoms with van der Waals surface area (Å²) < 4.78 is 29.1. The maximum Gasteiger partial charge on any atom is 0.231 e. The molecule has 264 valence electrons. The monoisotopic (exact) mass is 733 g/mol. The maximum atomic E-state index is 14.3. The Hall–Kier alpha value is -5.34. The lowest BCUT2D eigenvalue weighted by Crippen LogP contribution is -2.53. The molecular weight excluding hydrogens is 702 g/mol. The molecule has 0 radical (unpaired) electrons. The van der Waals surface area contributed by atoms with Crippen molar-refractivity contribution < 1.29 is 48.0 Å². The molecule has 3 aliphatic rings. The number of benzene rings is 3. The molecule has 2 aliphatic heterocycles. The van der Waals surface area contributed by atoms with E-state index in [0.717, 1.165) is 10.2 Å². The molecule has 3 atom stereocenters. The average molecular weight is 734 g/mol. The van der Waals surface area contributed by atoms with E-state index in [9.17, 15) is 24.3 Å². The lowest BCUT2D eigenvalue weighted by Gasteiger charge is -2.38. The lowest BCUT2D eigenvalue weighted by atomic mass is 9.69. The predicted molar refractivity (Wildman–Crippen MR) is 186 cm³/mol. The van der Waals surface area contributed by atoms with Gasteiger partial charge in [-0.2, -0.15) is 0 Å². The molecule has 7 rings (SSSR count). The highest BCUT2D eigenvalue weighted by Crippen LogP contribution is 2.56. The number of aliphatic hydroxyl groups is 1. The third-order valence-corrected chi connectivity index (χ3v) is 10.6. The second kappa shape index (κ2) is 13.4. The van der Waals surface area contributed by atoms with Crippen LogP contribution in [-0.2, 0) is 14.4 Å². The molecular formula is C36H32ClN3O10S. The van der Waals surface area contributed by atoms with Crippen LogP contribution in [0.2, 0.25) is 5.02 Å². The van der Waals surface area contributed by atoms with E-state index in [0.29, 0.717) is 22.2 Å². The van der Waals surface area contributed by atoms with Crippen molar-refractivity contribution in [2.45, 2.75) is 37.7 Å². The fourth-order valence-electron chi connectivity index (χ4n) is 6.74. The largest absolute Gasteiger partial charge is 0.507 e. The molecule has 0 saturated heterocycles. The summed E-state index contributed by atoms with van der Waals surface area (Å²) in [5, 5.41) is 18.1. The van der Waals surface area contributed by atoms with Gasteiger partial charge in [-0.3, -0.25) is 19.2 Å². The van der Waals surface area contributed by atoms with Crippen LogP contribution < -0.4 is 34.3 Å². The molecule has 1 aromatic heterocycles. The van der Waals surface area contributed by atoms with Crippen LogP contribution in [0.5, 0.6) is 28.7 Å². The number of aromatic nitrogens is 1. The zero-order valence-corrected chi connectivity index (χ0v) is 29.2. The number of para-hydroxylation sites is 1. The standard InChI is InChI=1S/C36H32ClN3O10S/c1-17-12-21(41)29(33(44)36(17)34(45)30-24(46-2)15-25(47-3)31(37)32(30)50-36)19(18-8-9-22-23(13-18)49-16-48-22)14-28(43)38-11-10-27(42)40-35-39-20-6-4-5-7-26(20)51-35/h4-9,13,15,17,19,44H,10-12,14,16H2,1-3H3,(H,38,43)(H,39,40,42)/t17-,19?,36+/m1/s1. The summed E-state index contributed by atoms with van der Waals surface area (Å²) in [6, 6.07) is 13.9. The van der Waals surface area contributed by atoms with Crippen molar-refractivity contribution in [2.24, 2.45) is 5.92 Å². The summed E-state index contributed by atoms with van der Waals surface area (Å²) >= 11 is 7.93. The molecule has 0 saturated carbocycles. The lowest BCUT2D eigenvalue weighted by molar-refractivity contribution is -0.121. The number of anilines is 1. The second-order valence-corrected chi connectivity index (χ2v) is 13.7. The van der Waals surface area contributed by atoms with Crippen LogP contribution in [0.15, 0.2) is 59.9 Å². The molecule has 1 spiro atoms. The molecule has 2 amide bonds. The number of Topliss-reactive ketones (excluding diaryl/α,β-unsaturated/α-hetero) is 2. The Morgan fingerprint density at radius 1 is 1.08 bits per heavy atom.